The Morgan fingerprint density at radius 1 is 0.353 bits per heavy atom. The second-order valence-corrected chi connectivity index (χ2v) is 18.2. The van der Waals surface area contributed by atoms with Crippen molar-refractivity contribution in [1.82, 2.24) is 4.57 Å². The summed E-state index contributed by atoms with van der Waals surface area (Å²) in [7, 11) is 0. The molecule has 0 bridgehead atoms. The van der Waals surface area contributed by atoms with Crippen molar-refractivity contribution in [3.8, 4) is 50.2 Å². The Hall–Kier alpha value is -8.72. The maximum absolute atomic E-state index is 2.46. The third-order valence-corrected chi connectivity index (χ3v) is 14.5. The zero-order valence-corrected chi connectivity index (χ0v) is 37.7. The summed E-state index contributed by atoms with van der Waals surface area (Å²) in [5.41, 5.74) is 20.3. The van der Waals surface area contributed by atoms with Crippen LogP contribution in [0.4, 0.5) is 17.1 Å². The maximum atomic E-state index is 2.46. The molecule has 0 amide bonds. The van der Waals surface area contributed by atoms with Crippen LogP contribution < -0.4 is 4.90 Å². The van der Waals surface area contributed by atoms with Gasteiger partial charge in [-0.05, 0) is 128 Å². The van der Waals surface area contributed by atoms with E-state index in [1.165, 1.54) is 82.7 Å². The van der Waals surface area contributed by atoms with Gasteiger partial charge in [0.1, 0.15) is 0 Å². The third-order valence-electron chi connectivity index (χ3n) is 14.5. The Morgan fingerprint density at radius 3 is 1.74 bits per heavy atom. The molecule has 2 nitrogen and oxygen atoms in total. The van der Waals surface area contributed by atoms with Crippen LogP contribution in [-0.4, -0.2) is 4.57 Å². The van der Waals surface area contributed by atoms with Crippen molar-refractivity contribution < 1.29 is 0 Å². The second kappa shape index (κ2) is 16.0. The molecular weight excluding hydrogens is 821 g/mol. The van der Waals surface area contributed by atoms with Crippen LogP contribution in [0.3, 0.4) is 0 Å². The van der Waals surface area contributed by atoms with Gasteiger partial charge < -0.3 is 9.47 Å². The summed E-state index contributed by atoms with van der Waals surface area (Å²) >= 11 is 0. The molecule has 1 aliphatic rings. The molecule has 0 N–H and O–H groups in total. The summed E-state index contributed by atoms with van der Waals surface area (Å²) in [5, 5.41) is 4.91. The predicted molar refractivity (Wildman–Crippen MR) is 287 cm³/mol. The average Bonchev–Trinajstić information content (AvgIpc) is 3.88. The molecule has 0 fully saturated rings. The van der Waals surface area contributed by atoms with E-state index in [9.17, 15) is 0 Å². The van der Waals surface area contributed by atoms with E-state index >= 15 is 0 Å². The van der Waals surface area contributed by atoms with Gasteiger partial charge in [0.05, 0.1) is 16.7 Å². The Morgan fingerprint density at radius 2 is 0.941 bits per heavy atom. The Balaban J connectivity index is 1.01. The quantitative estimate of drug-likeness (QED) is 0.148. The number of benzene rings is 11. The van der Waals surface area contributed by atoms with E-state index in [-0.39, 0.29) is 5.41 Å². The highest BCUT2D eigenvalue weighted by Gasteiger charge is 2.40. The first-order valence-corrected chi connectivity index (χ1v) is 23.6. The normalized spacial score (nSPS) is 14.0. The van der Waals surface area contributed by atoms with Gasteiger partial charge in [0.25, 0.3) is 0 Å². The summed E-state index contributed by atoms with van der Waals surface area (Å²) in [5.74, 6) is 0. The molecule has 1 atom stereocenters. The molecule has 1 aromatic heterocycles. The Bertz CT molecular complexity index is 3840. The number of para-hydroxylation sites is 3. The number of hydrogen-bond acceptors (Lipinski definition) is 1. The largest absolute Gasteiger partial charge is 0.310 e. The molecule has 13 rings (SSSR count). The molecule has 0 spiro atoms. The van der Waals surface area contributed by atoms with E-state index in [4.69, 9.17) is 0 Å². The molecule has 1 heterocycles. The summed E-state index contributed by atoms with van der Waals surface area (Å²) in [6.45, 7) is 2.39. The first-order valence-electron chi connectivity index (χ1n) is 23.6. The van der Waals surface area contributed by atoms with Crippen LogP contribution >= 0.6 is 0 Å². The number of hydrogen-bond donors (Lipinski definition) is 0. The number of aromatic nitrogens is 1. The molecule has 0 aliphatic heterocycles. The van der Waals surface area contributed by atoms with Crippen molar-refractivity contribution in [2.75, 3.05) is 4.90 Å². The lowest BCUT2D eigenvalue weighted by Crippen LogP contribution is -2.22. The third kappa shape index (κ3) is 6.26. The molecule has 320 valence electrons. The van der Waals surface area contributed by atoms with E-state index in [2.05, 4.69) is 277 Å². The predicted octanol–water partition coefficient (Wildman–Crippen LogP) is 17.7. The molecule has 68 heavy (non-hydrogen) atoms. The number of fused-ring (bicyclic) bond motifs is 7. The van der Waals surface area contributed by atoms with Crippen molar-refractivity contribution in [3.63, 3.8) is 0 Å². The van der Waals surface area contributed by atoms with Crippen molar-refractivity contribution in [2.45, 2.75) is 12.3 Å². The monoisotopic (exact) mass is 866 g/mol. The van der Waals surface area contributed by atoms with E-state index in [0.29, 0.717) is 0 Å². The van der Waals surface area contributed by atoms with Crippen molar-refractivity contribution in [3.05, 3.63) is 278 Å². The lowest BCUT2D eigenvalue weighted by molar-refractivity contribution is 0.714. The Labute approximate surface area is 397 Å². The smallest absolute Gasteiger partial charge is 0.0561 e. The van der Waals surface area contributed by atoms with E-state index in [0.717, 1.165) is 33.8 Å². The first-order chi connectivity index (χ1) is 33.6. The molecule has 12 aromatic rings. The first kappa shape index (κ1) is 39.6. The van der Waals surface area contributed by atoms with Gasteiger partial charge in [-0.2, -0.15) is 0 Å². The fraction of sp³-hybridized carbons (Fsp3) is 0.0303. The minimum atomic E-state index is -0.271. The topological polar surface area (TPSA) is 8.17 Å². The fourth-order valence-corrected chi connectivity index (χ4v) is 11.3. The number of anilines is 3. The molecule has 2 heteroatoms. The van der Waals surface area contributed by atoms with Gasteiger partial charge in [-0.15, -0.1) is 0 Å². The van der Waals surface area contributed by atoms with E-state index in [1.54, 1.807) is 0 Å². The van der Waals surface area contributed by atoms with Gasteiger partial charge in [0, 0.05) is 38.8 Å². The lowest BCUT2D eigenvalue weighted by Gasteiger charge is -2.29. The van der Waals surface area contributed by atoms with Gasteiger partial charge in [0.15, 0.2) is 0 Å². The fourth-order valence-electron chi connectivity index (χ4n) is 11.3. The lowest BCUT2D eigenvalue weighted by atomic mass is 9.74. The van der Waals surface area contributed by atoms with Crippen molar-refractivity contribution >= 4 is 49.6 Å². The molecule has 1 aliphatic carbocycles. The maximum Gasteiger partial charge on any atom is 0.0561 e. The number of rotatable bonds is 8. The van der Waals surface area contributed by atoms with Crippen LogP contribution in [0.25, 0.3) is 82.8 Å². The zero-order valence-electron chi connectivity index (χ0n) is 37.7. The minimum absolute atomic E-state index is 0.271. The van der Waals surface area contributed by atoms with Crippen LogP contribution in [0.5, 0.6) is 0 Å². The van der Waals surface area contributed by atoms with Gasteiger partial charge in [0.2, 0.25) is 0 Å². The average molecular weight is 867 g/mol. The molecule has 11 aromatic carbocycles. The standard InChI is InChI=1S/C66H46N2/c1-66(49-23-7-3-8-24-49)60-32-14-11-27-54(60)55-41-37-48(43-61(55)66)45-35-38-51(39-36-45)67(52-40-42-58-56-28-12-16-34-63(56)68(64(58)44-52)50-25-9-4-10-26-50)62-33-15-13-29-57(62)59-31-18-22-47-21-17-30-53(65(47)59)46-19-5-2-6-20-46/h2-44H,1H3. The van der Waals surface area contributed by atoms with Gasteiger partial charge in [-0.1, -0.05) is 206 Å². The van der Waals surface area contributed by atoms with Gasteiger partial charge in [-0.3, -0.25) is 0 Å². The van der Waals surface area contributed by atoms with Crippen LogP contribution in [0, 0.1) is 0 Å². The Kier molecular flexibility index (Phi) is 9.33. The second-order valence-electron chi connectivity index (χ2n) is 18.2. The van der Waals surface area contributed by atoms with Gasteiger partial charge >= 0.3 is 0 Å². The van der Waals surface area contributed by atoms with E-state index < -0.39 is 0 Å². The van der Waals surface area contributed by atoms with Crippen molar-refractivity contribution in [2.24, 2.45) is 0 Å². The summed E-state index contributed by atoms with van der Waals surface area (Å²) in [6.07, 6.45) is 0. The van der Waals surface area contributed by atoms with Crippen LogP contribution in [0.15, 0.2) is 261 Å². The SMILES string of the molecule is CC1(c2ccccc2)c2ccccc2-c2ccc(-c3ccc(N(c4ccc5c6ccccc6n(-c6ccccc6)c5c4)c4ccccc4-c4cccc5cccc(-c6ccccc6)c45)cc3)cc21. The van der Waals surface area contributed by atoms with Crippen molar-refractivity contribution in [1.29, 1.82) is 0 Å². The van der Waals surface area contributed by atoms with E-state index in [1.807, 2.05) is 0 Å². The highest BCUT2D eigenvalue weighted by Crippen LogP contribution is 2.53. The highest BCUT2D eigenvalue weighted by molar-refractivity contribution is 6.12. The minimum Gasteiger partial charge on any atom is -0.310 e. The van der Waals surface area contributed by atoms with Gasteiger partial charge in [-0.25, -0.2) is 0 Å². The molecule has 0 saturated carbocycles. The summed E-state index contributed by atoms with van der Waals surface area (Å²) < 4.78 is 2.41. The molecule has 0 radical (unpaired) electrons. The summed E-state index contributed by atoms with van der Waals surface area (Å²) in [6, 6.07) is 95.8. The molecule has 0 saturated heterocycles. The highest BCUT2D eigenvalue weighted by atomic mass is 15.1. The molecular formula is C66H46N2. The van der Waals surface area contributed by atoms with Crippen LogP contribution in [-0.2, 0) is 5.41 Å². The summed E-state index contributed by atoms with van der Waals surface area (Å²) in [4.78, 5) is 2.46. The number of nitrogens with zero attached hydrogens (tertiary/aromatic N) is 2. The zero-order chi connectivity index (χ0) is 45.2. The van der Waals surface area contributed by atoms with Crippen LogP contribution in [0.2, 0.25) is 0 Å². The molecule has 1 unspecified atom stereocenters. The van der Waals surface area contributed by atoms with Crippen LogP contribution in [0.1, 0.15) is 23.6 Å².